The van der Waals surface area contributed by atoms with E-state index >= 15 is 0 Å². The van der Waals surface area contributed by atoms with Crippen LogP contribution in [0.25, 0.3) is 0 Å². The van der Waals surface area contributed by atoms with Gasteiger partial charge in [0, 0.05) is 17.5 Å². The van der Waals surface area contributed by atoms with Gasteiger partial charge in [0.05, 0.1) is 18.3 Å². The highest BCUT2D eigenvalue weighted by atomic mass is 19.1. The first-order valence-electron chi connectivity index (χ1n) is 10.5. The number of carbonyl (C=O) groups excluding carboxylic acids is 1. The third-order valence-electron chi connectivity index (χ3n) is 5.93. The fraction of sp³-hybridized carbons (Fsp3) is 0.417. The first-order valence-corrected chi connectivity index (χ1v) is 10.5. The van der Waals surface area contributed by atoms with Gasteiger partial charge in [0.15, 0.2) is 0 Å². The number of hydrogen-bond donors (Lipinski definition) is 0. The zero-order valence-corrected chi connectivity index (χ0v) is 17.2. The number of hydrazone groups is 1. The van der Waals surface area contributed by atoms with Crippen molar-refractivity contribution >= 4 is 11.6 Å². The molecule has 0 saturated carbocycles. The SMILES string of the molecule is Cc1ccc(C2=NN(C(=O)CN3CCCCC3)[C@H](c3ccccc3F)C2)c(C)c1. The maximum atomic E-state index is 14.6. The van der Waals surface area contributed by atoms with Crippen molar-refractivity contribution in [2.24, 2.45) is 5.10 Å². The smallest absolute Gasteiger partial charge is 0.257 e. The van der Waals surface area contributed by atoms with Crippen molar-refractivity contribution in [1.29, 1.82) is 0 Å². The maximum Gasteiger partial charge on any atom is 0.257 e. The first kappa shape index (κ1) is 19.8. The Bertz CT molecular complexity index is 933. The molecule has 29 heavy (non-hydrogen) atoms. The van der Waals surface area contributed by atoms with E-state index in [0.717, 1.165) is 42.8 Å². The van der Waals surface area contributed by atoms with Crippen LogP contribution in [0.1, 0.15) is 54.0 Å². The lowest BCUT2D eigenvalue weighted by Gasteiger charge is -2.29. The summed E-state index contributed by atoms with van der Waals surface area (Å²) in [4.78, 5) is 15.4. The molecule has 4 rings (SSSR count). The fourth-order valence-corrected chi connectivity index (χ4v) is 4.41. The Morgan fingerprint density at radius 2 is 1.86 bits per heavy atom. The van der Waals surface area contributed by atoms with Crippen molar-refractivity contribution in [3.05, 3.63) is 70.5 Å². The number of carbonyl (C=O) groups is 1. The lowest BCUT2D eigenvalue weighted by molar-refractivity contribution is -0.134. The summed E-state index contributed by atoms with van der Waals surface area (Å²) in [6.45, 7) is 6.34. The Morgan fingerprint density at radius 1 is 1.10 bits per heavy atom. The van der Waals surface area contributed by atoms with Crippen LogP contribution < -0.4 is 0 Å². The minimum absolute atomic E-state index is 0.0556. The van der Waals surface area contributed by atoms with Gasteiger partial charge < -0.3 is 0 Å². The van der Waals surface area contributed by atoms with E-state index < -0.39 is 6.04 Å². The topological polar surface area (TPSA) is 35.9 Å². The highest BCUT2D eigenvalue weighted by molar-refractivity contribution is 6.04. The molecule has 1 saturated heterocycles. The lowest BCUT2D eigenvalue weighted by Crippen LogP contribution is -2.40. The Labute approximate surface area is 172 Å². The largest absolute Gasteiger partial charge is 0.294 e. The number of hydrogen-bond acceptors (Lipinski definition) is 3. The van der Waals surface area contributed by atoms with Crippen LogP contribution in [-0.2, 0) is 4.79 Å². The molecule has 0 aromatic heterocycles. The van der Waals surface area contributed by atoms with E-state index in [1.807, 2.05) is 6.07 Å². The van der Waals surface area contributed by atoms with Crippen molar-refractivity contribution in [3.8, 4) is 0 Å². The molecule has 0 unspecified atom stereocenters. The van der Waals surface area contributed by atoms with Gasteiger partial charge in [0.25, 0.3) is 5.91 Å². The molecule has 2 aromatic rings. The average molecular weight is 394 g/mol. The Balaban J connectivity index is 1.65. The van der Waals surface area contributed by atoms with Crippen molar-refractivity contribution < 1.29 is 9.18 Å². The normalized spacial score (nSPS) is 20.0. The van der Waals surface area contributed by atoms with Gasteiger partial charge in [0.1, 0.15) is 5.82 Å². The summed E-state index contributed by atoms with van der Waals surface area (Å²) in [6.07, 6.45) is 4.00. The standard InChI is InChI=1S/C24H28FN3O/c1-17-10-11-19(18(2)14-17)22-15-23(20-8-4-5-9-21(20)25)28(26-22)24(29)16-27-12-6-3-7-13-27/h4-5,8-11,14,23H,3,6-7,12-13,15-16H2,1-2H3/t23-/m0/s1. The molecule has 2 aliphatic heterocycles. The molecule has 2 heterocycles. The summed E-state index contributed by atoms with van der Waals surface area (Å²) in [5.41, 5.74) is 4.73. The molecule has 152 valence electrons. The van der Waals surface area contributed by atoms with E-state index in [4.69, 9.17) is 5.10 Å². The van der Waals surface area contributed by atoms with Crippen LogP contribution in [0.2, 0.25) is 0 Å². The van der Waals surface area contributed by atoms with Crippen molar-refractivity contribution in [2.45, 2.75) is 45.6 Å². The molecule has 0 N–H and O–H groups in total. The molecule has 1 fully saturated rings. The minimum atomic E-state index is -0.399. The van der Waals surface area contributed by atoms with Gasteiger partial charge in [-0.1, -0.05) is 48.4 Å². The molecule has 4 nitrogen and oxygen atoms in total. The van der Waals surface area contributed by atoms with E-state index in [9.17, 15) is 9.18 Å². The molecule has 1 atom stereocenters. The molecule has 0 spiro atoms. The van der Waals surface area contributed by atoms with E-state index in [1.165, 1.54) is 23.1 Å². The van der Waals surface area contributed by atoms with E-state index in [0.29, 0.717) is 18.5 Å². The number of amides is 1. The van der Waals surface area contributed by atoms with E-state index in [2.05, 4.69) is 36.9 Å². The summed E-state index contributed by atoms with van der Waals surface area (Å²) in [5, 5.41) is 6.25. The van der Waals surface area contributed by atoms with Crippen LogP contribution in [0.15, 0.2) is 47.6 Å². The predicted molar refractivity (Wildman–Crippen MR) is 113 cm³/mol. The van der Waals surface area contributed by atoms with Gasteiger partial charge in [-0.15, -0.1) is 0 Å². The van der Waals surface area contributed by atoms with Gasteiger partial charge in [-0.3, -0.25) is 9.69 Å². The maximum absolute atomic E-state index is 14.6. The number of piperidine rings is 1. The van der Waals surface area contributed by atoms with Crippen LogP contribution in [0.3, 0.4) is 0 Å². The highest BCUT2D eigenvalue weighted by Gasteiger charge is 2.35. The number of benzene rings is 2. The number of aryl methyl sites for hydroxylation is 2. The molecular weight excluding hydrogens is 365 g/mol. The number of likely N-dealkylation sites (tertiary alicyclic amines) is 1. The molecule has 2 aromatic carbocycles. The zero-order chi connectivity index (χ0) is 20.4. The molecule has 0 bridgehead atoms. The summed E-state index contributed by atoms with van der Waals surface area (Å²) in [6, 6.07) is 12.6. The Morgan fingerprint density at radius 3 is 2.59 bits per heavy atom. The number of halogens is 1. The van der Waals surface area contributed by atoms with Gasteiger partial charge in [0.2, 0.25) is 0 Å². The van der Waals surface area contributed by atoms with Crippen LogP contribution in [0, 0.1) is 19.7 Å². The van der Waals surface area contributed by atoms with Gasteiger partial charge >= 0.3 is 0 Å². The van der Waals surface area contributed by atoms with Crippen LogP contribution in [-0.4, -0.2) is 41.2 Å². The van der Waals surface area contributed by atoms with Crippen molar-refractivity contribution in [3.63, 3.8) is 0 Å². The monoisotopic (exact) mass is 393 g/mol. The van der Waals surface area contributed by atoms with Gasteiger partial charge in [-0.2, -0.15) is 5.10 Å². The third kappa shape index (κ3) is 4.25. The summed E-state index contributed by atoms with van der Waals surface area (Å²) in [5.74, 6) is -0.342. The van der Waals surface area contributed by atoms with Crippen LogP contribution in [0.4, 0.5) is 4.39 Å². The number of rotatable bonds is 4. The first-order chi connectivity index (χ1) is 14.0. The van der Waals surface area contributed by atoms with Gasteiger partial charge in [-0.05, 0) is 51.4 Å². The molecule has 0 aliphatic carbocycles. The van der Waals surface area contributed by atoms with Crippen molar-refractivity contribution in [2.75, 3.05) is 19.6 Å². The second kappa shape index (κ2) is 8.46. The third-order valence-corrected chi connectivity index (χ3v) is 5.93. The minimum Gasteiger partial charge on any atom is -0.294 e. The average Bonchev–Trinajstić information content (AvgIpc) is 3.14. The summed E-state index contributed by atoms with van der Waals surface area (Å²) >= 11 is 0. The van der Waals surface area contributed by atoms with Crippen molar-refractivity contribution in [1.82, 2.24) is 9.91 Å². The molecule has 5 heteroatoms. The Hall–Kier alpha value is -2.53. The molecular formula is C24H28FN3O. The quantitative estimate of drug-likeness (QED) is 0.761. The lowest BCUT2D eigenvalue weighted by atomic mass is 9.95. The predicted octanol–water partition coefficient (Wildman–Crippen LogP) is 4.61. The van der Waals surface area contributed by atoms with E-state index in [1.54, 1.807) is 12.1 Å². The Kier molecular flexibility index (Phi) is 5.76. The molecule has 1 amide bonds. The molecule has 0 radical (unpaired) electrons. The van der Waals surface area contributed by atoms with E-state index in [-0.39, 0.29) is 11.7 Å². The van der Waals surface area contributed by atoms with Gasteiger partial charge in [-0.25, -0.2) is 9.40 Å². The second-order valence-corrected chi connectivity index (χ2v) is 8.18. The summed E-state index contributed by atoms with van der Waals surface area (Å²) in [7, 11) is 0. The second-order valence-electron chi connectivity index (χ2n) is 8.18. The fourth-order valence-electron chi connectivity index (χ4n) is 4.41. The number of nitrogens with zero attached hydrogens (tertiary/aromatic N) is 3. The molecule has 2 aliphatic rings. The van der Waals surface area contributed by atoms with Crippen LogP contribution in [0.5, 0.6) is 0 Å². The summed E-state index contributed by atoms with van der Waals surface area (Å²) < 4.78 is 14.6. The highest BCUT2D eigenvalue weighted by Crippen LogP contribution is 2.35. The van der Waals surface area contributed by atoms with Crippen LogP contribution >= 0.6 is 0 Å². The zero-order valence-electron chi connectivity index (χ0n) is 17.2.